The van der Waals surface area contributed by atoms with Gasteiger partial charge in [0.15, 0.2) is 11.5 Å². The van der Waals surface area contributed by atoms with Gasteiger partial charge in [0.05, 0.1) is 7.11 Å². The molecule has 11 heteroatoms. The van der Waals surface area contributed by atoms with Crippen molar-refractivity contribution >= 4 is 23.6 Å². The second-order valence-corrected chi connectivity index (χ2v) is 8.51. The van der Waals surface area contributed by atoms with E-state index in [-0.39, 0.29) is 36.5 Å². The molecule has 0 saturated heterocycles. The van der Waals surface area contributed by atoms with Gasteiger partial charge in [0, 0.05) is 50.4 Å². The van der Waals surface area contributed by atoms with Gasteiger partial charge in [0.2, 0.25) is 11.9 Å². The van der Waals surface area contributed by atoms with E-state index in [0.29, 0.717) is 60.9 Å². The van der Waals surface area contributed by atoms with Crippen LogP contribution in [-0.4, -0.2) is 48.5 Å². The zero-order chi connectivity index (χ0) is 26.2. The molecule has 10 nitrogen and oxygen atoms in total. The second kappa shape index (κ2) is 12.0. The molecule has 194 valence electrons. The Balaban J connectivity index is 1.58. The summed E-state index contributed by atoms with van der Waals surface area (Å²) < 4.78 is 25.5. The fourth-order valence-corrected chi connectivity index (χ4v) is 3.98. The number of benzene rings is 2. The summed E-state index contributed by atoms with van der Waals surface area (Å²) in [5.41, 5.74) is 6.71. The van der Waals surface area contributed by atoms with Crippen LogP contribution < -0.4 is 30.7 Å². The molecular weight excluding hydrogens is 479 g/mol. The van der Waals surface area contributed by atoms with Crippen LogP contribution in [0.1, 0.15) is 35.2 Å². The third-order valence-electron chi connectivity index (χ3n) is 5.78. The van der Waals surface area contributed by atoms with E-state index in [1.807, 2.05) is 4.90 Å². The standard InChI is InChI=1S/C26H29FN6O4/c1-36-22-14-18-5-6-21(22)37-20-13-17(12-19(27)15-20)16-31-24(34)4-2-10-33(11-3-8-29-25(18)35)23-7-9-30-26(28)32-23/h5-7,9,12-15H,2-4,8,10-11,16H2,1H3,(H,29,35)(H,31,34)(H2,28,30,32). The van der Waals surface area contributed by atoms with Crippen molar-refractivity contribution < 1.29 is 23.5 Å². The number of fused-ring (bicyclic) bond motifs is 13. The molecule has 0 spiro atoms. The number of carbonyl (C=O) groups excluding carboxylic acids is 2. The molecule has 3 heterocycles. The summed E-state index contributed by atoms with van der Waals surface area (Å²) in [4.78, 5) is 35.4. The van der Waals surface area contributed by atoms with Gasteiger partial charge in [-0.3, -0.25) is 9.59 Å². The van der Waals surface area contributed by atoms with Crippen molar-refractivity contribution in [1.82, 2.24) is 20.6 Å². The van der Waals surface area contributed by atoms with Crippen LogP contribution in [0.25, 0.3) is 0 Å². The number of nitrogens with two attached hydrogens (primary N) is 1. The van der Waals surface area contributed by atoms with Gasteiger partial charge >= 0.3 is 0 Å². The number of ether oxygens (including phenoxy) is 2. The van der Waals surface area contributed by atoms with E-state index in [0.717, 1.165) is 0 Å². The Morgan fingerprint density at radius 1 is 1.08 bits per heavy atom. The minimum Gasteiger partial charge on any atom is -0.493 e. The molecule has 0 saturated carbocycles. The summed E-state index contributed by atoms with van der Waals surface area (Å²) in [6.45, 7) is 1.70. The molecule has 2 amide bonds. The third-order valence-corrected chi connectivity index (χ3v) is 5.78. The van der Waals surface area contributed by atoms with Crippen molar-refractivity contribution in [2.45, 2.75) is 25.8 Å². The highest BCUT2D eigenvalue weighted by atomic mass is 19.1. The summed E-state index contributed by atoms with van der Waals surface area (Å²) in [6.07, 6.45) is 3.05. The molecule has 4 N–H and O–H groups in total. The number of nitrogens with zero attached hydrogens (tertiary/aromatic N) is 3. The van der Waals surface area contributed by atoms with E-state index >= 15 is 0 Å². The minimum absolute atomic E-state index is 0.148. The smallest absolute Gasteiger partial charge is 0.251 e. The number of halogens is 1. The van der Waals surface area contributed by atoms with E-state index in [1.54, 1.807) is 36.5 Å². The Hall–Kier alpha value is -4.41. The van der Waals surface area contributed by atoms with Gasteiger partial charge < -0.3 is 30.7 Å². The Morgan fingerprint density at radius 3 is 2.73 bits per heavy atom. The SMILES string of the molecule is COc1cc2ccc1Oc1cc(F)cc(c1)CNC(=O)CCCN(c1ccnc(N)n1)CCCNC2=O. The number of amides is 2. The topological polar surface area (TPSA) is 132 Å². The number of methoxy groups -OCH3 is 1. The molecule has 37 heavy (non-hydrogen) atoms. The number of nitrogen functional groups attached to an aromatic ring is 1. The van der Waals surface area contributed by atoms with Crippen LogP contribution in [0.15, 0.2) is 48.7 Å². The zero-order valence-electron chi connectivity index (χ0n) is 20.5. The molecule has 4 bridgehead atoms. The van der Waals surface area contributed by atoms with Crippen LogP contribution in [0.3, 0.4) is 0 Å². The molecule has 2 aliphatic heterocycles. The highest BCUT2D eigenvalue weighted by molar-refractivity contribution is 5.94. The summed E-state index contributed by atoms with van der Waals surface area (Å²) in [5.74, 6) is 0.782. The number of rotatable bonds is 2. The molecule has 0 radical (unpaired) electrons. The van der Waals surface area contributed by atoms with E-state index in [2.05, 4.69) is 20.6 Å². The Morgan fingerprint density at radius 2 is 1.92 bits per heavy atom. The van der Waals surface area contributed by atoms with Gasteiger partial charge in [-0.1, -0.05) is 0 Å². The molecule has 1 aromatic heterocycles. The minimum atomic E-state index is -0.501. The highest BCUT2D eigenvalue weighted by Gasteiger charge is 2.15. The molecule has 3 aromatic rings. The van der Waals surface area contributed by atoms with E-state index in [1.165, 1.54) is 19.2 Å². The quantitative estimate of drug-likeness (QED) is 0.481. The van der Waals surface area contributed by atoms with Crippen LogP contribution in [0.2, 0.25) is 0 Å². The van der Waals surface area contributed by atoms with Gasteiger partial charge in [0.25, 0.3) is 5.91 Å². The third kappa shape index (κ3) is 7.06. The first-order valence-electron chi connectivity index (χ1n) is 11.9. The number of nitrogens with one attached hydrogen (secondary N) is 2. The number of aromatic nitrogens is 2. The summed E-state index contributed by atoms with van der Waals surface area (Å²) in [5, 5.41) is 5.73. The van der Waals surface area contributed by atoms with Crippen LogP contribution >= 0.6 is 0 Å². The summed E-state index contributed by atoms with van der Waals surface area (Å²) in [6, 6.07) is 10.8. The Bertz CT molecular complexity index is 1270. The lowest BCUT2D eigenvalue weighted by molar-refractivity contribution is -0.121. The molecule has 5 rings (SSSR count). The van der Waals surface area contributed by atoms with Crippen LogP contribution in [-0.2, 0) is 11.3 Å². The Kier molecular flexibility index (Phi) is 8.34. The first-order valence-corrected chi connectivity index (χ1v) is 11.9. The van der Waals surface area contributed by atoms with Crippen LogP contribution in [0.4, 0.5) is 16.2 Å². The lowest BCUT2D eigenvalue weighted by Crippen LogP contribution is -2.32. The fourth-order valence-electron chi connectivity index (χ4n) is 3.98. The van der Waals surface area contributed by atoms with E-state index in [4.69, 9.17) is 15.2 Å². The van der Waals surface area contributed by atoms with Crippen molar-refractivity contribution in [1.29, 1.82) is 0 Å². The average molecular weight is 509 g/mol. The number of anilines is 2. The highest BCUT2D eigenvalue weighted by Crippen LogP contribution is 2.33. The zero-order valence-corrected chi connectivity index (χ0v) is 20.5. The van der Waals surface area contributed by atoms with Gasteiger partial charge in [-0.05, 0) is 54.8 Å². The molecule has 2 aromatic carbocycles. The Labute approximate surface area is 214 Å². The summed E-state index contributed by atoms with van der Waals surface area (Å²) >= 11 is 0. The number of hydrogen-bond acceptors (Lipinski definition) is 8. The number of hydrogen-bond donors (Lipinski definition) is 3. The van der Waals surface area contributed by atoms with Crippen molar-refractivity contribution in [2.75, 3.05) is 37.4 Å². The summed E-state index contributed by atoms with van der Waals surface area (Å²) in [7, 11) is 1.46. The lowest BCUT2D eigenvalue weighted by Gasteiger charge is -2.24. The van der Waals surface area contributed by atoms with Crippen LogP contribution in [0.5, 0.6) is 17.2 Å². The van der Waals surface area contributed by atoms with Crippen molar-refractivity contribution in [3.63, 3.8) is 0 Å². The average Bonchev–Trinajstić information content (AvgIpc) is 2.88. The molecule has 0 aliphatic carbocycles. The molecule has 0 unspecified atom stereocenters. The fraction of sp³-hybridized carbons (Fsp3) is 0.308. The normalized spacial score (nSPS) is 15.4. The molecular formula is C26H29FN6O4. The van der Waals surface area contributed by atoms with Gasteiger partial charge in [-0.2, -0.15) is 4.98 Å². The first-order chi connectivity index (χ1) is 17.9. The van der Waals surface area contributed by atoms with Crippen molar-refractivity contribution in [3.8, 4) is 17.2 Å². The lowest BCUT2D eigenvalue weighted by atomic mass is 10.1. The van der Waals surface area contributed by atoms with E-state index in [9.17, 15) is 14.0 Å². The predicted molar refractivity (Wildman–Crippen MR) is 136 cm³/mol. The molecule has 0 fully saturated rings. The molecule has 2 aliphatic rings. The largest absolute Gasteiger partial charge is 0.493 e. The predicted octanol–water partition coefficient (Wildman–Crippen LogP) is 3.04. The van der Waals surface area contributed by atoms with Gasteiger partial charge in [0.1, 0.15) is 17.4 Å². The van der Waals surface area contributed by atoms with Gasteiger partial charge in [-0.25, -0.2) is 9.37 Å². The monoisotopic (exact) mass is 508 g/mol. The maximum absolute atomic E-state index is 14.3. The van der Waals surface area contributed by atoms with Gasteiger partial charge in [-0.15, -0.1) is 0 Å². The van der Waals surface area contributed by atoms with E-state index < -0.39 is 5.82 Å². The van der Waals surface area contributed by atoms with Crippen LogP contribution in [0, 0.1) is 5.82 Å². The number of carbonyl (C=O) groups is 2. The van der Waals surface area contributed by atoms with Crippen molar-refractivity contribution in [2.24, 2.45) is 0 Å². The second-order valence-electron chi connectivity index (χ2n) is 8.51. The van der Waals surface area contributed by atoms with Crippen molar-refractivity contribution in [3.05, 3.63) is 65.6 Å². The maximum Gasteiger partial charge on any atom is 0.251 e. The maximum atomic E-state index is 14.3. The first kappa shape index (κ1) is 25.7. The molecule has 0 atom stereocenters.